The monoisotopic (exact) mass is 197 g/mol. The van der Waals surface area contributed by atoms with Crippen molar-refractivity contribution in [3.63, 3.8) is 0 Å². The largest absolute Gasteiger partial charge is 0.246 e. The molecule has 0 amide bonds. The molecule has 0 spiro atoms. The van der Waals surface area contributed by atoms with Crippen LogP contribution in [0.2, 0.25) is 0 Å². The molecule has 1 N–H and O–H groups in total. The summed E-state index contributed by atoms with van der Waals surface area (Å²) in [5.74, 6) is 0. The third-order valence-electron chi connectivity index (χ3n) is 2.53. The van der Waals surface area contributed by atoms with Crippen molar-refractivity contribution < 1.29 is 4.89 Å². The molecular formula is C11H18OP+. The van der Waals surface area contributed by atoms with Gasteiger partial charge in [0.2, 0.25) is 0 Å². The molecular weight excluding hydrogens is 179 g/mol. The van der Waals surface area contributed by atoms with Crippen molar-refractivity contribution in [3.05, 3.63) is 29.8 Å². The lowest BCUT2D eigenvalue weighted by Crippen LogP contribution is -2.14. The van der Waals surface area contributed by atoms with Crippen LogP contribution in [0.1, 0.15) is 19.4 Å². The van der Waals surface area contributed by atoms with Gasteiger partial charge in [-0.3, -0.25) is 0 Å². The molecule has 0 unspecified atom stereocenters. The molecule has 1 aromatic rings. The highest BCUT2D eigenvalue weighted by Crippen LogP contribution is 2.52. The molecule has 1 aromatic carbocycles. The quantitative estimate of drug-likeness (QED) is 0.738. The number of hydrogen-bond acceptors (Lipinski definition) is 1. The van der Waals surface area contributed by atoms with Crippen LogP contribution in [-0.4, -0.2) is 17.2 Å². The SMILES string of the molecule is CC[P+](O)(CC)c1cccc(C)c1. The van der Waals surface area contributed by atoms with E-state index in [1.54, 1.807) is 0 Å². The summed E-state index contributed by atoms with van der Waals surface area (Å²) in [6.07, 6.45) is 1.76. The molecule has 2 heteroatoms. The minimum Gasteiger partial charge on any atom is -0.246 e. The number of benzene rings is 1. The third kappa shape index (κ3) is 2.30. The highest BCUT2D eigenvalue weighted by molar-refractivity contribution is 7.77. The molecule has 0 heterocycles. The summed E-state index contributed by atoms with van der Waals surface area (Å²) in [6.45, 7) is 6.21. The van der Waals surface area contributed by atoms with Crippen LogP contribution in [0, 0.1) is 6.92 Å². The summed E-state index contributed by atoms with van der Waals surface area (Å²) < 4.78 is 0. The van der Waals surface area contributed by atoms with Gasteiger partial charge in [0.15, 0.2) is 7.49 Å². The van der Waals surface area contributed by atoms with E-state index in [0.29, 0.717) is 0 Å². The van der Waals surface area contributed by atoms with Crippen molar-refractivity contribution in [2.45, 2.75) is 20.8 Å². The van der Waals surface area contributed by atoms with Gasteiger partial charge >= 0.3 is 0 Å². The Labute approximate surface area is 81.2 Å². The topological polar surface area (TPSA) is 20.2 Å². The number of hydrogen-bond donors (Lipinski definition) is 1. The number of rotatable bonds is 3. The zero-order valence-corrected chi connectivity index (χ0v) is 9.51. The smallest absolute Gasteiger partial charge is 0.173 e. The van der Waals surface area contributed by atoms with Gasteiger partial charge in [-0.05, 0) is 38.5 Å². The Morgan fingerprint density at radius 1 is 1.23 bits per heavy atom. The molecule has 0 aromatic heterocycles. The van der Waals surface area contributed by atoms with Crippen LogP contribution in [-0.2, 0) is 0 Å². The second-order valence-corrected chi connectivity index (χ2v) is 7.02. The van der Waals surface area contributed by atoms with Crippen LogP contribution in [0.5, 0.6) is 0 Å². The summed E-state index contributed by atoms with van der Waals surface area (Å²) in [7, 11) is -1.81. The fourth-order valence-corrected chi connectivity index (χ4v) is 3.46. The Morgan fingerprint density at radius 2 is 1.85 bits per heavy atom. The van der Waals surface area contributed by atoms with Gasteiger partial charge in [-0.2, -0.15) is 0 Å². The molecule has 0 saturated heterocycles. The van der Waals surface area contributed by atoms with E-state index < -0.39 is 7.49 Å². The van der Waals surface area contributed by atoms with Crippen molar-refractivity contribution in [1.29, 1.82) is 0 Å². The second-order valence-electron chi connectivity index (χ2n) is 3.39. The Bertz CT molecular complexity index is 279. The number of aryl methyl sites for hydroxylation is 1. The molecule has 72 valence electrons. The predicted octanol–water partition coefficient (Wildman–Crippen LogP) is 2.59. The maximum Gasteiger partial charge on any atom is 0.173 e. The molecule has 13 heavy (non-hydrogen) atoms. The van der Waals surface area contributed by atoms with Gasteiger partial charge in [-0.25, -0.2) is 4.89 Å². The maximum absolute atomic E-state index is 10.3. The van der Waals surface area contributed by atoms with Crippen LogP contribution in [0.15, 0.2) is 24.3 Å². The van der Waals surface area contributed by atoms with E-state index in [-0.39, 0.29) is 0 Å². The van der Waals surface area contributed by atoms with E-state index >= 15 is 0 Å². The minimum atomic E-state index is -1.81. The molecule has 0 aliphatic carbocycles. The molecule has 0 aliphatic heterocycles. The average Bonchev–Trinajstić information content (AvgIpc) is 2.17. The summed E-state index contributed by atoms with van der Waals surface area (Å²) in [5.41, 5.74) is 1.23. The van der Waals surface area contributed by atoms with Crippen LogP contribution >= 0.6 is 7.49 Å². The van der Waals surface area contributed by atoms with Gasteiger partial charge < -0.3 is 0 Å². The lowest BCUT2D eigenvalue weighted by Gasteiger charge is -2.16. The van der Waals surface area contributed by atoms with Crippen molar-refractivity contribution in [3.8, 4) is 0 Å². The molecule has 0 saturated carbocycles. The Balaban J connectivity index is 3.05. The molecule has 0 aliphatic rings. The van der Waals surface area contributed by atoms with Gasteiger partial charge in [0, 0.05) is 0 Å². The van der Waals surface area contributed by atoms with Crippen molar-refractivity contribution in [1.82, 2.24) is 0 Å². The van der Waals surface area contributed by atoms with E-state index in [4.69, 9.17) is 0 Å². The van der Waals surface area contributed by atoms with E-state index in [9.17, 15) is 4.89 Å². The van der Waals surface area contributed by atoms with Crippen molar-refractivity contribution in [2.24, 2.45) is 0 Å². The first-order valence-electron chi connectivity index (χ1n) is 4.79. The average molecular weight is 197 g/mol. The summed E-state index contributed by atoms with van der Waals surface area (Å²) in [5, 5.41) is 1.15. The highest BCUT2D eigenvalue weighted by atomic mass is 31.2. The summed E-state index contributed by atoms with van der Waals surface area (Å²) in [4.78, 5) is 10.3. The molecule has 0 radical (unpaired) electrons. The molecule has 0 bridgehead atoms. The molecule has 1 rings (SSSR count). The highest BCUT2D eigenvalue weighted by Gasteiger charge is 2.33. The van der Waals surface area contributed by atoms with Gasteiger partial charge in [-0.15, -0.1) is 0 Å². The molecule has 0 atom stereocenters. The Kier molecular flexibility index (Phi) is 3.47. The van der Waals surface area contributed by atoms with E-state index in [1.807, 2.05) is 12.1 Å². The second kappa shape index (κ2) is 4.21. The third-order valence-corrected chi connectivity index (χ3v) is 5.86. The van der Waals surface area contributed by atoms with Gasteiger partial charge in [0.05, 0.1) is 12.3 Å². The first kappa shape index (κ1) is 10.7. The summed E-state index contributed by atoms with van der Waals surface area (Å²) in [6, 6.07) is 8.26. The molecule has 0 fully saturated rings. The van der Waals surface area contributed by atoms with E-state index in [2.05, 4.69) is 32.9 Å². The van der Waals surface area contributed by atoms with Gasteiger partial charge in [-0.1, -0.05) is 12.1 Å². The van der Waals surface area contributed by atoms with Crippen LogP contribution in [0.3, 0.4) is 0 Å². The minimum absolute atomic E-state index is 0.882. The van der Waals surface area contributed by atoms with Gasteiger partial charge in [0.25, 0.3) is 0 Å². The van der Waals surface area contributed by atoms with Crippen LogP contribution in [0.25, 0.3) is 0 Å². The van der Waals surface area contributed by atoms with E-state index in [0.717, 1.165) is 17.6 Å². The fourth-order valence-electron chi connectivity index (χ4n) is 1.48. The van der Waals surface area contributed by atoms with Gasteiger partial charge in [0.1, 0.15) is 5.30 Å². The lowest BCUT2D eigenvalue weighted by atomic mass is 10.2. The van der Waals surface area contributed by atoms with Crippen LogP contribution < -0.4 is 5.30 Å². The van der Waals surface area contributed by atoms with Crippen LogP contribution in [0.4, 0.5) is 0 Å². The Morgan fingerprint density at radius 3 is 2.31 bits per heavy atom. The lowest BCUT2D eigenvalue weighted by molar-refractivity contribution is 0.612. The fraction of sp³-hybridized carbons (Fsp3) is 0.455. The maximum atomic E-state index is 10.3. The summed E-state index contributed by atoms with van der Waals surface area (Å²) >= 11 is 0. The first-order valence-corrected chi connectivity index (χ1v) is 6.90. The van der Waals surface area contributed by atoms with Crippen molar-refractivity contribution >= 4 is 12.8 Å². The standard InChI is InChI=1S/C11H18OP/c1-4-13(12,5-2)11-8-6-7-10(3)9-11/h6-9,12H,4-5H2,1-3H3/q+1. The Hall–Kier alpha value is -0.390. The van der Waals surface area contributed by atoms with Crippen molar-refractivity contribution in [2.75, 3.05) is 12.3 Å². The van der Waals surface area contributed by atoms with E-state index in [1.165, 1.54) is 5.56 Å². The predicted molar refractivity (Wildman–Crippen MR) is 61.0 cm³/mol. The normalized spacial score (nSPS) is 11.7. The molecule has 1 nitrogen and oxygen atoms in total. The zero-order chi connectivity index (χ0) is 9.90. The first-order chi connectivity index (χ1) is 6.12. The zero-order valence-electron chi connectivity index (χ0n) is 8.62.